The van der Waals surface area contributed by atoms with Crippen LogP contribution in [-0.2, 0) is 0 Å². The number of rotatable bonds is 0. The fourth-order valence-corrected chi connectivity index (χ4v) is 2.02. The minimum atomic E-state index is 1.33. The Bertz CT molecular complexity index is 622. The summed E-state index contributed by atoms with van der Waals surface area (Å²) in [5.41, 5.74) is 4.01. The lowest BCUT2D eigenvalue weighted by Crippen LogP contribution is -1.75. The molecular formula is C19H20. The van der Waals surface area contributed by atoms with Gasteiger partial charge in [0, 0.05) is 0 Å². The molecule has 3 rings (SSSR count). The summed E-state index contributed by atoms with van der Waals surface area (Å²) in [6.45, 7) is 6.33. The van der Waals surface area contributed by atoms with E-state index < -0.39 is 0 Å². The second kappa shape index (κ2) is 6.19. The first kappa shape index (κ1) is 13.4. The van der Waals surface area contributed by atoms with Gasteiger partial charge < -0.3 is 0 Å². The molecule has 0 amide bonds. The summed E-state index contributed by atoms with van der Waals surface area (Å²) in [6, 6.07) is 23.3. The Morgan fingerprint density at radius 1 is 0.526 bits per heavy atom. The van der Waals surface area contributed by atoms with Crippen molar-refractivity contribution in [1.29, 1.82) is 0 Å². The van der Waals surface area contributed by atoms with Gasteiger partial charge in [-0.2, -0.15) is 0 Å². The lowest BCUT2D eigenvalue weighted by Gasteiger charge is -1.98. The highest BCUT2D eigenvalue weighted by Gasteiger charge is 1.92. The standard InChI is InChI=1S/C11H10.C8H10/c1-9-5-4-7-10-6-2-3-8-11(9)10;1-7-3-5-8(2)6-4-7/h2-8H,1H3;3-6H,1-2H3. The van der Waals surface area contributed by atoms with Crippen LogP contribution in [0.2, 0.25) is 0 Å². The molecule has 0 N–H and O–H groups in total. The van der Waals surface area contributed by atoms with E-state index in [9.17, 15) is 0 Å². The summed E-state index contributed by atoms with van der Waals surface area (Å²) in [5, 5.41) is 2.68. The summed E-state index contributed by atoms with van der Waals surface area (Å²) in [6.07, 6.45) is 0. The average Bonchev–Trinajstić information content (AvgIpc) is 2.44. The molecular weight excluding hydrogens is 228 g/mol. The van der Waals surface area contributed by atoms with Gasteiger partial charge in [0.25, 0.3) is 0 Å². The van der Waals surface area contributed by atoms with E-state index in [2.05, 4.69) is 87.5 Å². The topological polar surface area (TPSA) is 0 Å². The molecule has 0 aromatic heterocycles. The molecule has 0 aliphatic rings. The number of fused-ring (bicyclic) bond motifs is 1. The zero-order chi connectivity index (χ0) is 13.7. The molecule has 0 saturated heterocycles. The largest absolute Gasteiger partial charge is 0.0616 e. The summed E-state index contributed by atoms with van der Waals surface area (Å²) in [7, 11) is 0. The van der Waals surface area contributed by atoms with E-state index in [0.29, 0.717) is 0 Å². The van der Waals surface area contributed by atoms with Crippen molar-refractivity contribution < 1.29 is 0 Å². The molecule has 0 heterocycles. The first-order chi connectivity index (χ1) is 9.16. The van der Waals surface area contributed by atoms with Crippen LogP contribution in [0.3, 0.4) is 0 Å². The van der Waals surface area contributed by atoms with E-state index in [1.54, 1.807) is 0 Å². The van der Waals surface area contributed by atoms with Crippen LogP contribution in [0.1, 0.15) is 16.7 Å². The van der Waals surface area contributed by atoms with Gasteiger partial charge in [0.1, 0.15) is 0 Å². The Kier molecular flexibility index (Phi) is 4.35. The third kappa shape index (κ3) is 3.69. The maximum Gasteiger partial charge on any atom is -0.0155 e. The van der Waals surface area contributed by atoms with Gasteiger partial charge in [-0.25, -0.2) is 0 Å². The van der Waals surface area contributed by atoms with E-state index in [0.717, 1.165) is 0 Å². The van der Waals surface area contributed by atoms with Crippen molar-refractivity contribution >= 4 is 10.8 Å². The Morgan fingerprint density at radius 2 is 1.05 bits per heavy atom. The van der Waals surface area contributed by atoms with Crippen molar-refractivity contribution in [2.24, 2.45) is 0 Å². The highest BCUT2D eigenvalue weighted by Crippen LogP contribution is 2.16. The Labute approximate surface area is 115 Å². The van der Waals surface area contributed by atoms with Crippen molar-refractivity contribution in [1.82, 2.24) is 0 Å². The first-order valence-corrected chi connectivity index (χ1v) is 6.64. The van der Waals surface area contributed by atoms with Gasteiger partial charge in [-0.05, 0) is 37.1 Å². The molecule has 0 aliphatic heterocycles. The van der Waals surface area contributed by atoms with E-state index in [-0.39, 0.29) is 0 Å². The molecule has 3 aromatic carbocycles. The number of hydrogen-bond acceptors (Lipinski definition) is 0. The fourth-order valence-electron chi connectivity index (χ4n) is 2.02. The molecule has 0 bridgehead atoms. The van der Waals surface area contributed by atoms with Crippen LogP contribution in [0.25, 0.3) is 10.8 Å². The fraction of sp³-hybridized carbons (Fsp3) is 0.158. The van der Waals surface area contributed by atoms with E-state index in [1.165, 1.54) is 27.5 Å². The molecule has 0 radical (unpaired) electrons. The third-order valence-electron chi connectivity index (χ3n) is 3.23. The third-order valence-corrected chi connectivity index (χ3v) is 3.23. The molecule has 0 unspecified atom stereocenters. The van der Waals surface area contributed by atoms with Gasteiger partial charge in [-0.3, -0.25) is 0 Å². The predicted molar refractivity (Wildman–Crippen MR) is 84.6 cm³/mol. The van der Waals surface area contributed by atoms with Gasteiger partial charge in [0.2, 0.25) is 0 Å². The quantitative estimate of drug-likeness (QED) is 0.496. The summed E-state index contributed by atoms with van der Waals surface area (Å²) >= 11 is 0. The van der Waals surface area contributed by atoms with Gasteiger partial charge in [0.05, 0.1) is 0 Å². The van der Waals surface area contributed by atoms with Crippen LogP contribution in [0.5, 0.6) is 0 Å². The summed E-state index contributed by atoms with van der Waals surface area (Å²) < 4.78 is 0. The normalized spacial score (nSPS) is 9.84. The minimum absolute atomic E-state index is 1.33. The van der Waals surface area contributed by atoms with Gasteiger partial charge >= 0.3 is 0 Å². The molecule has 0 heteroatoms. The number of hydrogen-bond donors (Lipinski definition) is 0. The Hall–Kier alpha value is -2.08. The van der Waals surface area contributed by atoms with E-state index in [1.807, 2.05) is 0 Å². The predicted octanol–water partition coefficient (Wildman–Crippen LogP) is 5.45. The van der Waals surface area contributed by atoms with Crippen molar-refractivity contribution in [3.05, 3.63) is 83.4 Å². The first-order valence-electron chi connectivity index (χ1n) is 6.64. The maximum absolute atomic E-state index is 2.16. The number of benzene rings is 3. The zero-order valence-electron chi connectivity index (χ0n) is 11.9. The van der Waals surface area contributed by atoms with Crippen molar-refractivity contribution in [3.8, 4) is 0 Å². The maximum atomic E-state index is 2.16. The molecule has 96 valence electrons. The lowest BCUT2D eigenvalue weighted by atomic mass is 10.1. The molecule has 0 saturated carbocycles. The Morgan fingerprint density at radius 3 is 1.63 bits per heavy atom. The van der Waals surface area contributed by atoms with E-state index in [4.69, 9.17) is 0 Å². The smallest absolute Gasteiger partial charge is 0.0155 e. The van der Waals surface area contributed by atoms with Crippen LogP contribution < -0.4 is 0 Å². The Balaban J connectivity index is 0.000000148. The van der Waals surface area contributed by atoms with Crippen molar-refractivity contribution in [2.45, 2.75) is 20.8 Å². The zero-order valence-corrected chi connectivity index (χ0v) is 11.9. The average molecular weight is 248 g/mol. The van der Waals surface area contributed by atoms with Crippen LogP contribution >= 0.6 is 0 Å². The van der Waals surface area contributed by atoms with Crippen molar-refractivity contribution in [2.75, 3.05) is 0 Å². The highest BCUT2D eigenvalue weighted by atomic mass is 14.0. The monoisotopic (exact) mass is 248 g/mol. The number of aryl methyl sites for hydroxylation is 3. The minimum Gasteiger partial charge on any atom is -0.0616 e. The van der Waals surface area contributed by atoms with Crippen molar-refractivity contribution in [3.63, 3.8) is 0 Å². The molecule has 0 nitrogen and oxygen atoms in total. The second-order valence-electron chi connectivity index (χ2n) is 4.95. The van der Waals surface area contributed by atoms with Gasteiger partial charge in [-0.1, -0.05) is 77.9 Å². The SMILES string of the molecule is Cc1ccc(C)cc1.Cc1cccc2ccccc12. The highest BCUT2D eigenvalue weighted by molar-refractivity contribution is 5.85. The van der Waals surface area contributed by atoms with Gasteiger partial charge in [0.15, 0.2) is 0 Å². The van der Waals surface area contributed by atoms with Crippen LogP contribution in [0.15, 0.2) is 66.7 Å². The summed E-state index contributed by atoms with van der Waals surface area (Å²) in [5.74, 6) is 0. The van der Waals surface area contributed by atoms with Crippen LogP contribution in [-0.4, -0.2) is 0 Å². The van der Waals surface area contributed by atoms with Gasteiger partial charge in [-0.15, -0.1) is 0 Å². The molecule has 0 aliphatic carbocycles. The van der Waals surface area contributed by atoms with Crippen LogP contribution in [0.4, 0.5) is 0 Å². The van der Waals surface area contributed by atoms with E-state index >= 15 is 0 Å². The lowest BCUT2D eigenvalue weighted by molar-refractivity contribution is 1.40. The molecule has 3 aromatic rings. The molecule has 0 atom stereocenters. The molecule has 19 heavy (non-hydrogen) atoms. The molecule has 0 spiro atoms. The second-order valence-corrected chi connectivity index (χ2v) is 4.95. The van der Waals surface area contributed by atoms with Crippen LogP contribution in [0, 0.1) is 20.8 Å². The summed E-state index contributed by atoms with van der Waals surface area (Å²) in [4.78, 5) is 0. The molecule has 0 fully saturated rings.